The maximum absolute atomic E-state index is 10.3. The van der Waals surface area contributed by atoms with Gasteiger partial charge in [-0.25, -0.2) is 0 Å². The van der Waals surface area contributed by atoms with Crippen molar-refractivity contribution in [2.24, 2.45) is 0 Å². The summed E-state index contributed by atoms with van der Waals surface area (Å²) in [4.78, 5) is 10.3. The van der Waals surface area contributed by atoms with Gasteiger partial charge in [0.1, 0.15) is 0 Å². The van der Waals surface area contributed by atoms with Crippen LogP contribution in [0.3, 0.4) is 0 Å². The van der Waals surface area contributed by atoms with Crippen LogP contribution in [0.1, 0.15) is 27.2 Å². The number of ketones is 1. The predicted molar refractivity (Wildman–Crippen MR) is 40.7 cm³/mol. The number of hydrogen-bond acceptors (Lipinski definition) is 2. The molecule has 0 radical (unpaired) electrons. The van der Waals surface area contributed by atoms with E-state index in [4.69, 9.17) is 4.74 Å². The van der Waals surface area contributed by atoms with Gasteiger partial charge in [-0.05, 0) is 20.3 Å². The minimum absolute atomic E-state index is 0.0169. The molecule has 2 heteroatoms. The number of ether oxygens (including phenoxy) is 1. The Labute approximate surface area is 61.9 Å². The first kappa shape index (κ1) is 9.21. The van der Waals surface area contributed by atoms with E-state index in [1.165, 1.54) is 19.3 Å². The van der Waals surface area contributed by atoms with Crippen molar-refractivity contribution in [2.45, 2.75) is 33.3 Å². The van der Waals surface area contributed by atoms with Gasteiger partial charge in [0, 0.05) is 6.08 Å². The van der Waals surface area contributed by atoms with Crippen molar-refractivity contribution in [3.05, 3.63) is 12.3 Å². The molecule has 0 fully saturated rings. The van der Waals surface area contributed by atoms with E-state index in [0.717, 1.165) is 6.42 Å². The average molecular weight is 142 g/mol. The second-order valence-electron chi connectivity index (χ2n) is 2.27. The molecule has 0 spiro atoms. The molecule has 1 atom stereocenters. The van der Waals surface area contributed by atoms with Gasteiger partial charge in [-0.2, -0.15) is 0 Å². The molecule has 0 aromatic rings. The van der Waals surface area contributed by atoms with Gasteiger partial charge in [0.05, 0.1) is 12.4 Å². The second kappa shape index (κ2) is 5.03. The Morgan fingerprint density at radius 3 is 2.70 bits per heavy atom. The molecular weight excluding hydrogens is 128 g/mol. The van der Waals surface area contributed by atoms with Crippen LogP contribution in [0.15, 0.2) is 12.3 Å². The molecule has 1 unspecified atom stereocenters. The number of rotatable bonds is 4. The summed E-state index contributed by atoms with van der Waals surface area (Å²) >= 11 is 0. The zero-order chi connectivity index (χ0) is 7.98. The first-order valence-corrected chi connectivity index (χ1v) is 3.49. The van der Waals surface area contributed by atoms with Crippen molar-refractivity contribution >= 4 is 5.78 Å². The van der Waals surface area contributed by atoms with Gasteiger partial charge in [-0.1, -0.05) is 6.92 Å². The summed E-state index contributed by atoms with van der Waals surface area (Å²) in [6.07, 6.45) is 4.04. The van der Waals surface area contributed by atoms with Crippen molar-refractivity contribution in [1.82, 2.24) is 0 Å². The fraction of sp³-hybridized carbons (Fsp3) is 0.625. The van der Waals surface area contributed by atoms with E-state index in [0.29, 0.717) is 0 Å². The third kappa shape index (κ3) is 5.35. The molecule has 0 aliphatic carbocycles. The smallest absolute Gasteiger partial charge is 0.155 e. The van der Waals surface area contributed by atoms with Crippen molar-refractivity contribution in [2.75, 3.05) is 0 Å². The van der Waals surface area contributed by atoms with Gasteiger partial charge in [0.2, 0.25) is 0 Å². The molecule has 0 bridgehead atoms. The lowest BCUT2D eigenvalue weighted by molar-refractivity contribution is -0.112. The lowest BCUT2D eigenvalue weighted by Gasteiger charge is -2.05. The molecule has 0 saturated carbocycles. The first-order chi connectivity index (χ1) is 4.66. The van der Waals surface area contributed by atoms with Crippen LogP contribution in [-0.2, 0) is 9.53 Å². The lowest BCUT2D eigenvalue weighted by Crippen LogP contribution is -2.00. The molecule has 2 nitrogen and oxygen atoms in total. The zero-order valence-electron chi connectivity index (χ0n) is 6.76. The summed E-state index contributed by atoms with van der Waals surface area (Å²) in [7, 11) is 0. The SMILES string of the molecule is CCC(C)O/C=C/C(C)=O. The molecule has 0 heterocycles. The van der Waals surface area contributed by atoms with E-state index in [9.17, 15) is 4.79 Å². The number of carbonyl (C=O) groups excluding carboxylic acids is 1. The molecule has 0 amide bonds. The van der Waals surface area contributed by atoms with Crippen LogP contribution >= 0.6 is 0 Å². The molecule has 10 heavy (non-hydrogen) atoms. The third-order valence-electron chi connectivity index (χ3n) is 1.19. The van der Waals surface area contributed by atoms with Crippen molar-refractivity contribution in [3.63, 3.8) is 0 Å². The summed E-state index contributed by atoms with van der Waals surface area (Å²) in [5, 5.41) is 0. The quantitative estimate of drug-likeness (QED) is 0.442. The van der Waals surface area contributed by atoms with E-state index in [1.54, 1.807) is 0 Å². The van der Waals surface area contributed by atoms with Gasteiger partial charge in [0.15, 0.2) is 5.78 Å². The standard InChI is InChI=1S/C8H14O2/c1-4-8(3)10-6-5-7(2)9/h5-6,8H,4H2,1-3H3/b6-5+. The van der Waals surface area contributed by atoms with Gasteiger partial charge < -0.3 is 4.74 Å². The normalized spacial score (nSPS) is 13.5. The Kier molecular flexibility index (Phi) is 4.63. The summed E-state index contributed by atoms with van der Waals surface area (Å²) < 4.78 is 5.10. The molecule has 0 rings (SSSR count). The minimum atomic E-state index is 0.0169. The number of allylic oxidation sites excluding steroid dienone is 1. The minimum Gasteiger partial charge on any atom is -0.498 e. The van der Waals surface area contributed by atoms with E-state index in [-0.39, 0.29) is 11.9 Å². The van der Waals surface area contributed by atoms with Crippen molar-refractivity contribution in [3.8, 4) is 0 Å². The zero-order valence-corrected chi connectivity index (χ0v) is 6.76. The van der Waals surface area contributed by atoms with Crippen molar-refractivity contribution in [1.29, 1.82) is 0 Å². The van der Waals surface area contributed by atoms with Crippen molar-refractivity contribution < 1.29 is 9.53 Å². The molecule has 0 aromatic heterocycles. The lowest BCUT2D eigenvalue weighted by atomic mass is 10.3. The van der Waals surface area contributed by atoms with Crippen LogP contribution in [0.5, 0.6) is 0 Å². The van der Waals surface area contributed by atoms with Gasteiger partial charge in [-0.3, -0.25) is 4.79 Å². The molecule has 0 N–H and O–H groups in total. The Morgan fingerprint density at radius 1 is 1.70 bits per heavy atom. The third-order valence-corrected chi connectivity index (χ3v) is 1.19. The molecule has 0 aromatic carbocycles. The van der Waals surface area contributed by atoms with E-state index in [1.807, 2.05) is 13.8 Å². The van der Waals surface area contributed by atoms with E-state index >= 15 is 0 Å². The highest BCUT2D eigenvalue weighted by atomic mass is 16.5. The van der Waals surface area contributed by atoms with Crippen LogP contribution < -0.4 is 0 Å². The predicted octanol–water partition coefficient (Wildman–Crippen LogP) is 1.90. The molecule has 0 aliphatic heterocycles. The maximum Gasteiger partial charge on any atom is 0.155 e. The highest BCUT2D eigenvalue weighted by Crippen LogP contribution is 1.95. The van der Waals surface area contributed by atoms with Crippen LogP contribution in [-0.4, -0.2) is 11.9 Å². The Balaban J connectivity index is 3.43. The van der Waals surface area contributed by atoms with E-state index < -0.39 is 0 Å². The van der Waals surface area contributed by atoms with Crippen LogP contribution in [0.4, 0.5) is 0 Å². The topological polar surface area (TPSA) is 26.3 Å². The number of hydrogen-bond donors (Lipinski definition) is 0. The van der Waals surface area contributed by atoms with Gasteiger partial charge in [0.25, 0.3) is 0 Å². The molecule has 0 aliphatic rings. The second-order valence-corrected chi connectivity index (χ2v) is 2.27. The fourth-order valence-corrected chi connectivity index (χ4v) is 0.365. The van der Waals surface area contributed by atoms with E-state index in [2.05, 4.69) is 0 Å². The Morgan fingerprint density at radius 2 is 2.30 bits per heavy atom. The molecular formula is C8H14O2. The molecule has 58 valence electrons. The Hall–Kier alpha value is -0.790. The first-order valence-electron chi connectivity index (χ1n) is 3.49. The summed E-state index contributed by atoms with van der Waals surface area (Å²) in [6.45, 7) is 5.49. The monoisotopic (exact) mass is 142 g/mol. The summed E-state index contributed by atoms with van der Waals surface area (Å²) in [5.74, 6) is 0.0169. The summed E-state index contributed by atoms with van der Waals surface area (Å²) in [6, 6.07) is 0. The van der Waals surface area contributed by atoms with Crippen LogP contribution in [0.2, 0.25) is 0 Å². The summed E-state index contributed by atoms with van der Waals surface area (Å²) in [5.41, 5.74) is 0. The van der Waals surface area contributed by atoms with Crippen LogP contribution in [0, 0.1) is 0 Å². The molecule has 0 saturated heterocycles. The average Bonchev–Trinajstić information content (AvgIpc) is 1.87. The highest BCUT2D eigenvalue weighted by molar-refractivity contribution is 5.86. The highest BCUT2D eigenvalue weighted by Gasteiger charge is 1.92. The fourth-order valence-electron chi connectivity index (χ4n) is 0.365. The maximum atomic E-state index is 10.3. The number of carbonyl (C=O) groups is 1. The Bertz CT molecular complexity index is 127. The van der Waals surface area contributed by atoms with Crippen LogP contribution in [0.25, 0.3) is 0 Å². The largest absolute Gasteiger partial charge is 0.498 e. The van der Waals surface area contributed by atoms with Gasteiger partial charge >= 0.3 is 0 Å². The van der Waals surface area contributed by atoms with Gasteiger partial charge in [-0.15, -0.1) is 0 Å².